The number of anilines is 1. The molecule has 1 N–H and O–H groups in total. The Hall–Kier alpha value is -2.24. The van der Waals surface area contributed by atoms with Gasteiger partial charge in [0.1, 0.15) is 5.75 Å². The van der Waals surface area contributed by atoms with Crippen molar-refractivity contribution in [1.82, 2.24) is 10.2 Å². The molecule has 29 heavy (non-hydrogen) atoms. The average molecular weight is 416 g/mol. The van der Waals surface area contributed by atoms with E-state index in [1.807, 2.05) is 12.1 Å². The molecule has 1 aliphatic rings. The van der Waals surface area contributed by atoms with Gasteiger partial charge in [0.05, 0.1) is 23.4 Å². The van der Waals surface area contributed by atoms with Crippen molar-refractivity contribution in [2.24, 2.45) is 0 Å². The van der Waals surface area contributed by atoms with E-state index in [9.17, 15) is 4.79 Å². The number of rotatable bonds is 8. The molecule has 3 rings (SSSR count). The Kier molecular flexibility index (Phi) is 7.40. The quantitative estimate of drug-likeness (QED) is 0.701. The third-order valence-electron chi connectivity index (χ3n) is 5.47. The zero-order valence-electron chi connectivity index (χ0n) is 17.5. The molecule has 1 saturated heterocycles. The fourth-order valence-electron chi connectivity index (χ4n) is 3.89. The number of likely N-dealkylation sites (tertiary alicyclic amines) is 1. The summed E-state index contributed by atoms with van der Waals surface area (Å²) < 4.78 is 5.51. The molecule has 6 heteroatoms. The Morgan fingerprint density at radius 2 is 1.97 bits per heavy atom. The minimum Gasteiger partial charge on any atom is -0.496 e. The standard InChI is InChI=1S/C23H30ClN3O2/c1-4-27(5-2)21-14-22(29-3)19(13-20(21)24)23(28)25-18-11-12-26(16-18)15-17-9-7-6-8-10-17/h6-10,13-14,18H,4-5,11-12,15-16H2,1-3H3,(H,25,28). The molecule has 0 bridgehead atoms. The van der Waals surface area contributed by atoms with Gasteiger partial charge in [-0.15, -0.1) is 0 Å². The summed E-state index contributed by atoms with van der Waals surface area (Å²) in [5.41, 5.74) is 2.66. The minimum absolute atomic E-state index is 0.122. The molecular weight excluding hydrogens is 386 g/mol. The highest BCUT2D eigenvalue weighted by Gasteiger charge is 2.26. The first-order chi connectivity index (χ1) is 14.0. The van der Waals surface area contributed by atoms with E-state index in [4.69, 9.17) is 16.3 Å². The smallest absolute Gasteiger partial charge is 0.255 e. The molecule has 5 nitrogen and oxygen atoms in total. The molecule has 1 unspecified atom stereocenters. The Morgan fingerprint density at radius 3 is 2.62 bits per heavy atom. The molecule has 1 atom stereocenters. The summed E-state index contributed by atoms with van der Waals surface area (Å²) in [5, 5.41) is 3.72. The molecule has 0 spiro atoms. The van der Waals surface area contributed by atoms with Crippen LogP contribution in [0.5, 0.6) is 5.75 Å². The zero-order chi connectivity index (χ0) is 20.8. The zero-order valence-corrected chi connectivity index (χ0v) is 18.2. The SMILES string of the molecule is CCN(CC)c1cc(OC)c(C(=O)NC2CCN(Cc3ccccc3)C2)cc1Cl. The number of hydrogen-bond acceptors (Lipinski definition) is 4. The fourth-order valence-corrected chi connectivity index (χ4v) is 4.18. The third-order valence-corrected chi connectivity index (χ3v) is 5.78. The molecule has 2 aromatic rings. The molecular formula is C23H30ClN3O2. The van der Waals surface area contributed by atoms with Crippen LogP contribution in [0, 0.1) is 0 Å². The number of halogens is 1. The molecule has 1 fully saturated rings. The number of benzene rings is 2. The lowest BCUT2D eigenvalue weighted by molar-refractivity contribution is 0.0934. The Balaban J connectivity index is 1.67. The molecule has 0 radical (unpaired) electrons. The second-order valence-electron chi connectivity index (χ2n) is 7.36. The second kappa shape index (κ2) is 9.99. The van der Waals surface area contributed by atoms with E-state index in [-0.39, 0.29) is 11.9 Å². The van der Waals surface area contributed by atoms with E-state index < -0.39 is 0 Å². The summed E-state index contributed by atoms with van der Waals surface area (Å²) >= 11 is 6.50. The Bertz CT molecular complexity index is 824. The lowest BCUT2D eigenvalue weighted by Crippen LogP contribution is -2.37. The monoisotopic (exact) mass is 415 g/mol. The number of amides is 1. The number of ether oxygens (including phenoxy) is 1. The molecule has 0 aliphatic carbocycles. The van der Waals surface area contributed by atoms with Crippen LogP contribution in [-0.4, -0.2) is 50.1 Å². The summed E-state index contributed by atoms with van der Waals surface area (Å²) in [4.78, 5) is 17.4. The highest BCUT2D eigenvalue weighted by Crippen LogP contribution is 2.33. The van der Waals surface area contributed by atoms with Gasteiger partial charge in [-0.05, 0) is 31.9 Å². The van der Waals surface area contributed by atoms with Crippen LogP contribution in [0.2, 0.25) is 5.02 Å². The van der Waals surface area contributed by atoms with Crippen molar-refractivity contribution in [3.63, 3.8) is 0 Å². The van der Waals surface area contributed by atoms with E-state index in [1.54, 1.807) is 13.2 Å². The molecule has 1 heterocycles. The topological polar surface area (TPSA) is 44.8 Å². The Morgan fingerprint density at radius 1 is 1.24 bits per heavy atom. The van der Waals surface area contributed by atoms with Crippen LogP contribution in [0.4, 0.5) is 5.69 Å². The van der Waals surface area contributed by atoms with E-state index in [0.717, 1.165) is 44.8 Å². The highest BCUT2D eigenvalue weighted by molar-refractivity contribution is 6.33. The van der Waals surface area contributed by atoms with Gasteiger partial charge in [-0.3, -0.25) is 9.69 Å². The maximum atomic E-state index is 12.9. The average Bonchev–Trinajstić information content (AvgIpc) is 3.17. The van der Waals surface area contributed by atoms with Gasteiger partial charge >= 0.3 is 0 Å². The van der Waals surface area contributed by atoms with Crippen molar-refractivity contribution in [2.75, 3.05) is 38.2 Å². The predicted molar refractivity (Wildman–Crippen MR) is 119 cm³/mol. The van der Waals surface area contributed by atoms with Crippen LogP contribution in [0.25, 0.3) is 0 Å². The lowest BCUT2D eigenvalue weighted by Gasteiger charge is -2.24. The van der Waals surface area contributed by atoms with Gasteiger partial charge in [0, 0.05) is 44.8 Å². The number of carbonyl (C=O) groups excluding carboxylic acids is 1. The first-order valence-corrected chi connectivity index (χ1v) is 10.6. The summed E-state index contributed by atoms with van der Waals surface area (Å²) in [6, 6.07) is 14.1. The van der Waals surface area contributed by atoms with Crippen molar-refractivity contribution in [2.45, 2.75) is 32.9 Å². The van der Waals surface area contributed by atoms with Crippen molar-refractivity contribution in [1.29, 1.82) is 0 Å². The maximum absolute atomic E-state index is 12.9. The van der Waals surface area contributed by atoms with Gasteiger partial charge in [0.15, 0.2) is 0 Å². The summed E-state index contributed by atoms with van der Waals surface area (Å²) in [5.74, 6) is 0.411. The van der Waals surface area contributed by atoms with Crippen LogP contribution in [0.15, 0.2) is 42.5 Å². The third kappa shape index (κ3) is 5.22. The number of methoxy groups -OCH3 is 1. The van der Waals surface area contributed by atoms with Crippen molar-refractivity contribution in [3.05, 3.63) is 58.6 Å². The number of nitrogens with zero attached hydrogens (tertiary/aromatic N) is 2. The van der Waals surface area contributed by atoms with Crippen molar-refractivity contribution >= 4 is 23.2 Å². The van der Waals surface area contributed by atoms with Gasteiger partial charge in [0.25, 0.3) is 5.91 Å². The van der Waals surface area contributed by atoms with Gasteiger partial charge in [-0.25, -0.2) is 0 Å². The Labute approximate surface area is 178 Å². The molecule has 2 aromatic carbocycles. The summed E-state index contributed by atoms with van der Waals surface area (Å²) in [6.45, 7) is 8.55. The van der Waals surface area contributed by atoms with Gasteiger partial charge in [-0.1, -0.05) is 41.9 Å². The van der Waals surface area contributed by atoms with Crippen molar-refractivity contribution in [3.8, 4) is 5.75 Å². The molecule has 0 aromatic heterocycles. The van der Waals surface area contributed by atoms with Crippen LogP contribution in [0.3, 0.4) is 0 Å². The largest absolute Gasteiger partial charge is 0.496 e. The molecule has 156 valence electrons. The highest BCUT2D eigenvalue weighted by atomic mass is 35.5. The summed E-state index contributed by atoms with van der Waals surface area (Å²) in [7, 11) is 1.59. The second-order valence-corrected chi connectivity index (χ2v) is 7.76. The van der Waals surface area contributed by atoms with E-state index >= 15 is 0 Å². The van der Waals surface area contributed by atoms with Gasteiger partial charge < -0.3 is 15.0 Å². The van der Waals surface area contributed by atoms with Crippen molar-refractivity contribution < 1.29 is 9.53 Å². The fraction of sp³-hybridized carbons (Fsp3) is 0.435. The normalized spacial score (nSPS) is 16.6. The molecule has 1 aliphatic heterocycles. The molecule has 1 amide bonds. The number of hydrogen-bond donors (Lipinski definition) is 1. The number of nitrogens with one attached hydrogen (secondary N) is 1. The predicted octanol–water partition coefficient (Wildman–Crippen LogP) is 4.20. The first kappa shape index (κ1) is 21.5. The van der Waals surface area contributed by atoms with Crippen LogP contribution < -0.4 is 15.0 Å². The lowest BCUT2D eigenvalue weighted by atomic mass is 10.1. The molecule has 0 saturated carbocycles. The number of carbonyl (C=O) groups is 1. The van der Waals surface area contributed by atoms with Crippen LogP contribution in [0.1, 0.15) is 36.2 Å². The van der Waals surface area contributed by atoms with Crippen LogP contribution in [-0.2, 0) is 6.54 Å². The first-order valence-electron chi connectivity index (χ1n) is 10.2. The van der Waals surface area contributed by atoms with E-state index in [1.165, 1.54) is 5.56 Å². The van der Waals surface area contributed by atoms with Gasteiger partial charge in [-0.2, -0.15) is 0 Å². The van der Waals surface area contributed by atoms with E-state index in [0.29, 0.717) is 16.3 Å². The summed E-state index contributed by atoms with van der Waals surface area (Å²) in [6.07, 6.45) is 0.937. The maximum Gasteiger partial charge on any atom is 0.255 e. The van der Waals surface area contributed by atoms with E-state index in [2.05, 4.69) is 53.2 Å². The van der Waals surface area contributed by atoms with Gasteiger partial charge in [0.2, 0.25) is 0 Å². The van der Waals surface area contributed by atoms with Crippen LogP contribution >= 0.6 is 11.6 Å². The minimum atomic E-state index is -0.138.